The first-order chi connectivity index (χ1) is 10.1. The van der Waals surface area contributed by atoms with E-state index < -0.39 is 16.6 Å². The van der Waals surface area contributed by atoms with Gasteiger partial charge in [0.15, 0.2) is 0 Å². The van der Waals surface area contributed by atoms with Crippen molar-refractivity contribution in [3.8, 4) is 6.07 Å². The van der Waals surface area contributed by atoms with Crippen LogP contribution in [0, 0.1) is 17.1 Å². The van der Waals surface area contributed by atoms with Crippen LogP contribution in [0.15, 0.2) is 42.5 Å². The van der Waals surface area contributed by atoms with Crippen molar-refractivity contribution in [1.29, 1.82) is 5.26 Å². The molecule has 0 aliphatic heterocycles. The van der Waals surface area contributed by atoms with E-state index in [0.29, 0.717) is 12.3 Å². The van der Waals surface area contributed by atoms with Crippen LogP contribution < -0.4 is 5.32 Å². The minimum Gasteiger partial charge on any atom is -0.381 e. The van der Waals surface area contributed by atoms with E-state index >= 15 is 0 Å². The van der Waals surface area contributed by atoms with Crippen molar-refractivity contribution in [1.82, 2.24) is 0 Å². The zero-order valence-electron chi connectivity index (χ0n) is 11.6. The Hall–Kier alpha value is -2.19. The predicted molar refractivity (Wildman–Crippen MR) is 82.7 cm³/mol. The fourth-order valence-corrected chi connectivity index (χ4v) is 2.63. The number of hydrogen-bond acceptors (Lipinski definition) is 3. The number of nitrogens with one attached hydrogen (secondary N) is 1. The summed E-state index contributed by atoms with van der Waals surface area (Å²) in [7, 11) is -0.877. The Morgan fingerprint density at radius 2 is 2.05 bits per heavy atom. The van der Waals surface area contributed by atoms with E-state index in [1.807, 2.05) is 30.3 Å². The molecule has 0 saturated carbocycles. The van der Waals surface area contributed by atoms with Gasteiger partial charge in [0.2, 0.25) is 0 Å². The van der Waals surface area contributed by atoms with Crippen LogP contribution in [0.4, 0.5) is 10.1 Å². The molecular formula is C16H15FN2OS. The molecule has 0 saturated heterocycles. The van der Waals surface area contributed by atoms with Gasteiger partial charge in [-0.2, -0.15) is 5.26 Å². The predicted octanol–water partition coefficient (Wildman–Crippen LogP) is 3.19. The van der Waals surface area contributed by atoms with Crippen molar-refractivity contribution in [2.24, 2.45) is 0 Å². The molecular weight excluding hydrogens is 287 g/mol. The molecule has 0 heterocycles. The van der Waals surface area contributed by atoms with Gasteiger partial charge in [0.05, 0.1) is 5.56 Å². The van der Waals surface area contributed by atoms with E-state index in [9.17, 15) is 8.60 Å². The van der Waals surface area contributed by atoms with Crippen molar-refractivity contribution in [2.45, 2.75) is 12.3 Å². The molecule has 0 unspecified atom stereocenters. The highest BCUT2D eigenvalue weighted by atomic mass is 32.2. The third-order valence-corrected chi connectivity index (χ3v) is 3.68. The molecule has 0 bridgehead atoms. The van der Waals surface area contributed by atoms with Gasteiger partial charge in [0.1, 0.15) is 11.9 Å². The summed E-state index contributed by atoms with van der Waals surface area (Å²) in [4.78, 5) is 0. The Balaban J connectivity index is 2.06. The number of nitriles is 1. The fourth-order valence-electron chi connectivity index (χ4n) is 1.98. The number of hydrogen-bond donors (Lipinski definition) is 1. The standard InChI is InChI=1S/C16H15FN2OS/c1-21(20)11-13-3-2-4-15(8-13)19-10-12-5-6-16(17)14(7-12)9-18/h2-8,19H,10-11H2,1H3/t21-/m0/s1. The van der Waals surface area contributed by atoms with Crippen LogP contribution >= 0.6 is 0 Å². The SMILES string of the molecule is C[S@](=O)Cc1cccc(NCc2ccc(F)c(C#N)c2)c1. The fraction of sp³-hybridized carbons (Fsp3) is 0.188. The van der Waals surface area contributed by atoms with Crippen molar-refractivity contribution in [2.75, 3.05) is 11.6 Å². The lowest BCUT2D eigenvalue weighted by Gasteiger charge is -2.08. The zero-order chi connectivity index (χ0) is 15.2. The molecule has 0 aromatic heterocycles. The van der Waals surface area contributed by atoms with E-state index in [0.717, 1.165) is 16.8 Å². The number of halogens is 1. The van der Waals surface area contributed by atoms with E-state index in [-0.39, 0.29) is 5.56 Å². The van der Waals surface area contributed by atoms with Crippen LogP contribution in [0.5, 0.6) is 0 Å². The quantitative estimate of drug-likeness (QED) is 0.923. The maximum atomic E-state index is 13.2. The maximum absolute atomic E-state index is 13.2. The molecule has 1 N–H and O–H groups in total. The maximum Gasteiger partial charge on any atom is 0.140 e. The van der Waals surface area contributed by atoms with Crippen molar-refractivity contribution in [3.63, 3.8) is 0 Å². The first-order valence-electron chi connectivity index (χ1n) is 6.40. The summed E-state index contributed by atoms with van der Waals surface area (Å²) in [5, 5.41) is 12.0. The number of benzene rings is 2. The van der Waals surface area contributed by atoms with Gasteiger partial charge in [-0.15, -0.1) is 0 Å². The van der Waals surface area contributed by atoms with Gasteiger partial charge >= 0.3 is 0 Å². The van der Waals surface area contributed by atoms with Crippen molar-refractivity contribution in [3.05, 3.63) is 65.0 Å². The Kier molecular flexibility index (Phi) is 5.07. The summed E-state index contributed by atoms with van der Waals surface area (Å²) < 4.78 is 24.5. The second kappa shape index (κ2) is 7.00. The molecule has 0 spiro atoms. The summed E-state index contributed by atoms with van der Waals surface area (Å²) in [6.07, 6.45) is 1.67. The van der Waals surface area contributed by atoms with Crippen LogP contribution in [0.2, 0.25) is 0 Å². The number of nitrogens with zero attached hydrogens (tertiary/aromatic N) is 1. The minimum absolute atomic E-state index is 0.0458. The Morgan fingerprint density at radius 3 is 2.76 bits per heavy atom. The van der Waals surface area contributed by atoms with E-state index in [2.05, 4.69) is 5.32 Å². The van der Waals surface area contributed by atoms with Crippen molar-refractivity contribution >= 4 is 16.5 Å². The number of anilines is 1. The normalized spacial score (nSPS) is 11.7. The summed E-state index contributed by atoms with van der Waals surface area (Å²) in [6, 6.07) is 14.0. The largest absolute Gasteiger partial charge is 0.381 e. The van der Waals surface area contributed by atoms with E-state index in [1.54, 1.807) is 12.3 Å². The highest BCUT2D eigenvalue weighted by Crippen LogP contribution is 2.15. The molecule has 21 heavy (non-hydrogen) atoms. The molecule has 0 amide bonds. The van der Waals surface area contributed by atoms with Gasteiger partial charge in [-0.3, -0.25) is 4.21 Å². The first-order valence-corrected chi connectivity index (χ1v) is 8.12. The Bertz CT molecular complexity index is 710. The molecule has 3 nitrogen and oxygen atoms in total. The lowest BCUT2D eigenvalue weighted by Crippen LogP contribution is -2.01. The molecule has 2 aromatic rings. The highest BCUT2D eigenvalue weighted by Gasteiger charge is 2.03. The summed E-state index contributed by atoms with van der Waals surface area (Å²) in [5.41, 5.74) is 2.78. The molecule has 2 rings (SSSR count). The second-order valence-corrected chi connectivity index (χ2v) is 6.13. The monoisotopic (exact) mass is 302 g/mol. The summed E-state index contributed by atoms with van der Waals surface area (Å²) in [5.74, 6) is 0.0126. The van der Waals surface area contributed by atoms with Gasteiger partial charge in [0, 0.05) is 35.0 Å². The van der Waals surface area contributed by atoms with Crippen LogP contribution in [0.1, 0.15) is 16.7 Å². The summed E-state index contributed by atoms with van der Waals surface area (Å²) in [6.45, 7) is 0.494. The lowest BCUT2D eigenvalue weighted by atomic mass is 10.1. The average Bonchev–Trinajstić information content (AvgIpc) is 2.46. The van der Waals surface area contributed by atoms with Crippen LogP contribution in [-0.2, 0) is 23.1 Å². The Labute approximate surface area is 125 Å². The van der Waals surface area contributed by atoms with Crippen LogP contribution in [-0.4, -0.2) is 10.5 Å². The van der Waals surface area contributed by atoms with Crippen LogP contribution in [0.3, 0.4) is 0 Å². The molecule has 0 fully saturated rings. The van der Waals surface area contributed by atoms with Crippen molar-refractivity contribution < 1.29 is 8.60 Å². The second-order valence-electron chi connectivity index (χ2n) is 4.70. The smallest absolute Gasteiger partial charge is 0.140 e. The third kappa shape index (κ3) is 4.40. The molecule has 0 radical (unpaired) electrons. The first kappa shape index (κ1) is 15.2. The van der Waals surface area contributed by atoms with Gasteiger partial charge in [-0.1, -0.05) is 18.2 Å². The average molecular weight is 302 g/mol. The van der Waals surface area contributed by atoms with Gasteiger partial charge in [0.25, 0.3) is 0 Å². The lowest BCUT2D eigenvalue weighted by molar-refractivity contribution is 0.623. The van der Waals surface area contributed by atoms with E-state index in [4.69, 9.17) is 5.26 Å². The highest BCUT2D eigenvalue weighted by molar-refractivity contribution is 7.83. The molecule has 108 valence electrons. The topological polar surface area (TPSA) is 52.9 Å². The van der Waals surface area contributed by atoms with E-state index in [1.165, 1.54) is 12.1 Å². The molecule has 0 aliphatic carbocycles. The minimum atomic E-state index is -0.877. The zero-order valence-corrected chi connectivity index (χ0v) is 12.4. The third-order valence-electron chi connectivity index (χ3n) is 2.94. The number of rotatable bonds is 5. The molecule has 1 atom stereocenters. The Morgan fingerprint density at radius 1 is 1.24 bits per heavy atom. The van der Waals surface area contributed by atoms with Crippen LogP contribution in [0.25, 0.3) is 0 Å². The molecule has 2 aromatic carbocycles. The summed E-state index contributed by atoms with van der Waals surface area (Å²) >= 11 is 0. The van der Waals surface area contributed by atoms with Gasteiger partial charge in [-0.05, 0) is 35.4 Å². The van der Waals surface area contributed by atoms with Gasteiger partial charge < -0.3 is 5.32 Å². The molecule has 5 heteroatoms. The molecule has 0 aliphatic rings. The van der Waals surface area contributed by atoms with Gasteiger partial charge in [-0.25, -0.2) is 4.39 Å².